The predicted octanol–water partition coefficient (Wildman–Crippen LogP) is 4.04. The quantitative estimate of drug-likeness (QED) is 0.703. The molecule has 0 atom stereocenters. The zero-order chi connectivity index (χ0) is 14.5. The number of allylic oxidation sites excluding steroid dienone is 4. The molecule has 2 nitrogen and oxygen atoms in total. The van der Waals surface area contributed by atoms with E-state index >= 15 is 0 Å². The first-order valence-corrected chi connectivity index (χ1v) is 7.03. The largest absolute Gasteiger partial charge is 0.311 e. The summed E-state index contributed by atoms with van der Waals surface area (Å²) in [5, 5.41) is 0. The fourth-order valence-corrected chi connectivity index (χ4v) is 2.55. The molecule has 1 aliphatic rings. The van der Waals surface area contributed by atoms with Crippen molar-refractivity contribution in [1.29, 1.82) is 0 Å². The van der Waals surface area contributed by atoms with Gasteiger partial charge in [0, 0.05) is 18.3 Å². The van der Waals surface area contributed by atoms with E-state index in [0.29, 0.717) is 0 Å². The van der Waals surface area contributed by atoms with Crippen molar-refractivity contribution in [3.8, 4) is 0 Å². The number of amides is 1. The van der Waals surface area contributed by atoms with E-state index in [0.717, 1.165) is 29.7 Å². The lowest BCUT2D eigenvalue weighted by Crippen LogP contribution is -2.30. The summed E-state index contributed by atoms with van der Waals surface area (Å²) in [5.74, 6) is 0.0587. The van der Waals surface area contributed by atoms with Crippen LogP contribution in [0.3, 0.4) is 0 Å². The van der Waals surface area contributed by atoms with Crippen LogP contribution in [0.2, 0.25) is 0 Å². The average Bonchev–Trinajstić information content (AvgIpc) is 2.48. The summed E-state index contributed by atoms with van der Waals surface area (Å²) in [6.07, 6.45) is 9.70. The van der Waals surface area contributed by atoms with Crippen LogP contribution < -0.4 is 4.90 Å². The van der Waals surface area contributed by atoms with Gasteiger partial charge in [0.25, 0.3) is 5.91 Å². The van der Waals surface area contributed by atoms with Gasteiger partial charge >= 0.3 is 0 Å². The molecule has 0 radical (unpaired) electrons. The third-order valence-electron chi connectivity index (χ3n) is 3.70. The van der Waals surface area contributed by atoms with Crippen LogP contribution in [0.4, 0.5) is 5.69 Å². The fourth-order valence-electron chi connectivity index (χ4n) is 2.55. The Hall–Kier alpha value is -2.09. The summed E-state index contributed by atoms with van der Waals surface area (Å²) in [4.78, 5) is 14.5. The van der Waals surface area contributed by atoms with Gasteiger partial charge in [-0.3, -0.25) is 4.79 Å². The average molecular weight is 267 g/mol. The maximum absolute atomic E-state index is 12.7. The molecule has 1 aromatic carbocycles. The molecular weight excluding hydrogens is 246 g/mol. The number of hydrogen-bond acceptors (Lipinski definition) is 1. The van der Waals surface area contributed by atoms with Gasteiger partial charge in [0.2, 0.25) is 0 Å². The Morgan fingerprint density at radius 1 is 1.15 bits per heavy atom. The maximum Gasteiger partial charge on any atom is 0.258 e. The molecule has 1 amide bonds. The van der Waals surface area contributed by atoms with Gasteiger partial charge in [0.1, 0.15) is 0 Å². The van der Waals surface area contributed by atoms with E-state index in [9.17, 15) is 4.79 Å². The molecule has 0 aromatic heterocycles. The van der Waals surface area contributed by atoms with Crippen LogP contribution in [-0.4, -0.2) is 13.0 Å². The normalized spacial score (nSPS) is 20.4. The molecule has 0 saturated heterocycles. The number of hydrogen-bond donors (Lipinski definition) is 0. The zero-order valence-electron chi connectivity index (χ0n) is 12.4. The summed E-state index contributed by atoms with van der Waals surface area (Å²) in [6, 6.07) is 8.13. The van der Waals surface area contributed by atoms with E-state index in [2.05, 4.69) is 12.1 Å². The van der Waals surface area contributed by atoms with Gasteiger partial charge < -0.3 is 4.90 Å². The standard InChI is InChI=1S/C18H21NO/c1-4-6-10-16-14(5-2)12-13-15-9-7-8-11-17(15)19(3)18(16)20/h4-11H,12-13H2,1-3H3/b6-4-,14-5-,16-10+. The van der Waals surface area contributed by atoms with Gasteiger partial charge in [0.15, 0.2) is 0 Å². The molecule has 2 heteroatoms. The minimum absolute atomic E-state index is 0.0587. The van der Waals surface area contributed by atoms with Crippen molar-refractivity contribution < 1.29 is 4.79 Å². The number of benzene rings is 1. The van der Waals surface area contributed by atoms with Gasteiger partial charge in [-0.25, -0.2) is 0 Å². The van der Waals surface area contributed by atoms with Crippen molar-refractivity contribution in [2.45, 2.75) is 26.7 Å². The van der Waals surface area contributed by atoms with Crippen LogP contribution in [0.15, 0.2) is 59.7 Å². The second kappa shape index (κ2) is 6.38. The van der Waals surface area contributed by atoms with E-state index in [1.807, 2.05) is 57.3 Å². The Balaban J connectivity index is 2.52. The topological polar surface area (TPSA) is 20.3 Å². The summed E-state index contributed by atoms with van der Waals surface area (Å²) in [5.41, 5.74) is 4.16. The molecule has 0 N–H and O–H groups in total. The number of carbonyl (C=O) groups excluding carboxylic acids is 1. The first-order chi connectivity index (χ1) is 9.69. The second-order valence-corrected chi connectivity index (χ2v) is 4.91. The number of nitrogens with zero attached hydrogens (tertiary/aromatic N) is 1. The number of anilines is 1. The number of fused-ring (bicyclic) bond motifs is 1. The third kappa shape index (κ3) is 2.74. The fraction of sp³-hybridized carbons (Fsp3) is 0.278. The molecular formula is C18H21NO. The SMILES string of the molecule is C\C=C/C=C1/C(=O)N(C)c2ccccc2CC/C1=C/C. The predicted molar refractivity (Wildman–Crippen MR) is 84.8 cm³/mol. The third-order valence-corrected chi connectivity index (χ3v) is 3.70. The zero-order valence-corrected chi connectivity index (χ0v) is 12.4. The highest BCUT2D eigenvalue weighted by Crippen LogP contribution is 2.29. The molecule has 0 fully saturated rings. The summed E-state index contributed by atoms with van der Waals surface area (Å²) in [6.45, 7) is 3.96. The number of para-hydroxylation sites is 1. The lowest BCUT2D eigenvalue weighted by molar-refractivity contribution is -0.114. The molecule has 0 aliphatic carbocycles. The van der Waals surface area contributed by atoms with Crippen molar-refractivity contribution in [2.24, 2.45) is 0 Å². The lowest BCUT2D eigenvalue weighted by Gasteiger charge is -2.26. The van der Waals surface area contributed by atoms with Crippen LogP contribution in [0.1, 0.15) is 25.8 Å². The molecule has 20 heavy (non-hydrogen) atoms. The monoisotopic (exact) mass is 267 g/mol. The summed E-state index contributed by atoms with van der Waals surface area (Å²) < 4.78 is 0. The Bertz CT molecular complexity index is 593. The minimum Gasteiger partial charge on any atom is -0.311 e. The van der Waals surface area contributed by atoms with Crippen LogP contribution >= 0.6 is 0 Å². The van der Waals surface area contributed by atoms with Crippen molar-refractivity contribution >= 4 is 11.6 Å². The molecule has 1 aromatic rings. The molecule has 0 saturated carbocycles. The van der Waals surface area contributed by atoms with E-state index < -0.39 is 0 Å². The molecule has 0 unspecified atom stereocenters. The molecule has 1 heterocycles. The Morgan fingerprint density at radius 3 is 2.60 bits per heavy atom. The van der Waals surface area contributed by atoms with Gasteiger partial charge in [0.05, 0.1) is 0 Å². The molecule has 2 rings (SSSR count). The van der Waals surface area contributed by atoms with Crippen molar-refractivity contribution in [2.75, 3.05) is 11.9 Å². The molecule has 0 spiro atoms. The van der Waals surface area contributed by atoms with Crippen molar-refractivity contribution in [3.05, 3.63) is 65.3 Å². The molecule has 104 valence electrons. The number of likely N-dealkylation sites (N-methyl/N-ethyl adjacent to an activating group) is 1. The van der Waals surface area contributed by atoms with Crippen LogP contribution in [0, 0.1) is 0 Å². The Morgan fingerprint density at radius 2 is 1.90 bits per heavy atom. The first-order valence-electron chi connectivity index (χ1n) is 7.03. The van der Waals surface area contributed by atoms with E-state index in [4.69, 9.17) is 0 Å². The summed E-state index contributed by atoms with van der Waals surface area (Å²) >= 11 is 0. The van der Waals surface area contributed by atoms with Gasteiger partial charge in [-0.2, -0.15) is 0 Å². The maximum atomic E-state index is 12.7. The summed E-state index contributed by atoms with van der Waals surface area (Å²) in [7, 11) is 1.85. The number of carbonyl (C=O) groups is 1. The van der Waals surface area contributed by atoms with Crippen molar-refractivity contribution in [1.82, 2.24) is 0 Å². The van der Waals surface area contributed by atoms with Gasteiger partial charge in [-0.05, 0) is 50.0 Å². The highest BCUT2D eigenvalue weighted by atomic mass is 16.2. The Labute approximate surface area is 121 Å². The lowest BCUT2D eigenvalue weighted by atomic mass is 9.93. The van der Waals surface area contributed by atoms with Crippen LogP contribution in [0.25, 0.3) is 0 Å². The van der Waals surface area contributed by atoms with E-state index in [1.54, 1.807) is 4.90 Å². The Kier molecular flexibility index (Phi) is 4.57. The highest BCUT2D eigenvalue weighted by Gasteiger charge is 2.23. The second-order valence-electron chi connectivity index (χ2n) is 4.91. The van der Waals surface area contributed by atoms with E-state index in [-0.39, 0.29) is 5.91 Å². The highest BCUT2D eigenvalue weighted by molar-refractivity contribution is 6.09. The van der Waals surface area contributed by atoms with Crippen LogP contribution in [0.5, 0.6) is 0 Å². The van der Waals surface area contributed by atoms with Crippen LogP contribution in [-0.2, 0) is 11.2 Å². The molecule has 0 bridgehead atoms. The smallest absolute Gasteiger partial charge is 0.258 e. The number of rotatable bonds is 1. The molecule has 1 aliphatic heterocycles. The first kappa shape index (κ1) is 14.3. The minimum atomic E-state index is 0.0587. The van der Waals surface area contributed by atoms with Gasteiger partial charge in [-0.15, -0.1) is 0 Å². The number of aryl methyl sites for hydroxylation is 1. The van der Waals surface area contributed by atoms with Gasteiger partial charge in [-0.1, -0.05) is 36.4 Å². The van der Waals surface area contributed by atoms with E-state index in [1.165, 1.54) is 5.56 Å². The van der Waals surface area contributed by atoms with Crippen molar-refractivity contribution in [3.63, 3.8) is 0 Å².